The van der Waals surface area contributed by atoms with Crippen molar-refractivity contribution in [1.29, 1.82) is 5.26 Å². The third-order valence-electron chi connectivity index (χ3n) is 2.76. The molecule has 0 unspecified atom stereocenters. The largest absolute Gasteiger partial charge is 0.327 e. The molecule has 2 N–H and O–H groups in total. The minimum atomic E-state index is 0.0100. The summed E-state index contributed by atoms with van der Waals surface area (Å²) in [6.45, 7) is 2.69. The van der Waals surface area contributed by atoms with E-state index in [1.807, 2.05) is 5.38 Å². The number of carbonyl (C=O) groups excluding carboxylic acids is 1. The van der Waals surface area contributed by atoms with Crippen molar-refractivity contribution < 1.29 is 9.69 Å². The van der Waals surface area contributed by atoms with Crippen molar-refractivity contribution in [1.82, 2.24) is 0 Å². The summed E-state index contributed by atoms with van der Waals surface area (Å²) in [5.41, 5.74) is 0.551. The van der Waals surface area contributed by atoms with E-state index < -0.39 is 0 Å². The zero-order valence-corrected chi connectivity index (χ0v) is 9.77. The van der Waals surface area contributed by atoms with Gasteiger partial charge in [-0.1, -0.05) is 0 Å². The quantitative estimate of drug-likeness (QED) is 0.789. The van der Waals surface area contributed by atoms with Crippen LogP contribution in [0.15, 0.2) is 11.4 Å². The summed E-state index contributed by atoms with van der Waals surface area (Å²) in [6.07, 6.45) is 2.43. The van der Waals surface area contributed by atoms with E-state index >= 15 is 0 Å². The van der Waals surface area contributed by atoms with E-state index in [0.29, 0.717) is 17.1 Å². The van der Waals surface area contributed by atoms with Gasteiger partial charge in [0.25, 0.3) is 5.91 Å². The Bertz CT molecular complexity index is 415. The van der Waals surface area contributed by atoms with Crippen molar-refractivity contribution in [3.8, 4) is 6.07 Å². The van der Waals surface area contributed by atoms with Gasteiger partial charge < -0.3 is 10.2 Å². The van der Waals surface area contributed by atoms with Crippen LogP contribution in [0.2, 0.25) is 0 Å². The average Bonchev–Trinajstić information content (AvgIpc) is 2.88. The van der Waals surface area contributed by atoms with E-state index in [4.69, 9.17) is 5.26 Å². The van der Waals surface area contributed by atoms with Crippen LogP contribution in [0.5, 0.6) is 0 Å². The molecule has 2 heterocycles. The molecule has 16 heavy (non-hydrogen) atoms. The summed E-state index contributed by atoms with van der Waals surface area (Å²) in [5.74, 6) is 0.0100. The number of thiophene rings is 1. The first-order chi connectivity index (χ1) is 7.79. The SMILES string of the molecule is N#Cc1ccsc1NC(=O)C[NH+]1CCCC1. The Balaban J connectivity index is 1.89. The van der Waals surface area contributed by atoms with Gasteiger partial charge in [0.05, 0.1) is 18.7 Å². The second-order valence-electron chi connectivity index (χ2n) is 3.96. The van der Waals surface area contributed by atoms with Crippen LogP contribution >= 0.6 is 11.3 Å². The highest BCUT2D eigenvalue weighted by Gasteiger charge is 2.19. The number of nitrogens with one attached hydrogen (secondary N) is 2. The Morgan fingerprint density at radius 2 is 2.31 bits per heavy atom. The third-order valence-corrected chi connectivity index (χ3v) is 3.59. The van der Waals surface area contributed by atoms with E-state index in [2.05, 4.69) is 11.4 Å². The van der Waals surface area contributed by atoms with Gasteiger partial charge in [-0.2, -0.15) is 5.26 Å². The van der Waals surface area contributed by atoms with Crippen LogP contribution in [0, 0.1) is 11.3 Å². The standard InChI is InChI=1S/C11H13N3OS/c12-7-9-3-6-16-11(9)13-10(15)8-14-4-1-2-5-14/h3,6H,1-2,4-5,8H2,(H,13,15)/p+1. The number of hydrogen-bond acceptors (Lipinski definition) is 3. The zero-order valence-electron chi connectivity index (χ0n) is 8.95. The van der Waals surface area contributed by atoms with Crippen LogP contribution in [0.1, 0.15) is 18.4 Å². The molecule has 0 spiro atoms. The van der Waals surface area contributed by atoms with Crippen molar-refractivity contribution in [2.75, 3.05) is 25.0 Å². The number of nitrogens with zero attached hydrogens (tertiary/aromatic N) is 1. The fraction of sp³-hybridized carbons (Fsp3) is 0.455. The fourth-order valence-electron chi connectivity index (χ4n) is 1.94. The summed E-state index contributed by atoms with van der Waals surface area (Å²) in [4.78, 5) is 13.0. The maximum absolute atomic E-state index is 11.7. The third kappa shape index (κ3) is 2.60. The van der Waals surface area contributed by atoms with Crippen LogP contribution in [0.4, 0.5) is 5.00 Å². The smallest absolute Gasteiger partial charge is 0.280 e. The number of nitriles is 1. The number of quaternary nitrogens is 1. The van der Waals surface area contributed by atoms with Gasteiger partial charge in [-0.15, -0.1) is 11.3 Å². The van der Waals surface area contributed by atoms with Crippen LogP contribution in [0.25, 0.3) is 0 Å². The highest BCUT2D eigenvalue weighted by Crippen LogP contribution is 2.21. The maximum Gasteiger partial charge on any atom is 0.280 e. The molecule has 0 atom stereocenters. The molecule has 1 aliphatic heterocycles. The Morgan fingerprint density at radius 1 is 1.56 bits per heavy atom. The average molecular weight is 236 g/mol. The van der Waals surface area contributed by atoms with Gasteiger partial charge in [0.2, 0.25) is 0 Å². The lowest BCUT2D eigenvalue weighted by Gasteiger charge is -2.11. The van der Waals surface area contributed by atoms with Crippen molar-refractivity contribution in [2.45, 2.75) is 12.8 Å². The molecule has 0 bridgehead atoms. The Hall–Kier alpha value is -1.38. The van der Waals surface area contributed by atoms with Gasteiger partial charge >= 0.3 is 0 Å². The summed E-state index contributed by atoms with van der Waals surface area (Å²) in [7, 11) is 0. The first-order valence-corrected chi connectivity index (χ1v) is 6.28. The molecule has 1 aromatic rings. The van der Waals surface area contributed by atoms with Gasteiger partial charge in [-0.3, -0.25) is 4.79 Å². The monoisotopic (exact) mass is 236 g/mol. The molecule has 5 heteroatoms. The second-order valence-corrected chi connectivity index (χ2v) is 4.87. The Kier molecular flexibility index (Phi) is 3.54. The lowest BCUT2D eigenvalue weighted by atomic mass is 10.3. The molecule has 4 nitrogen and oxygen atoms in total. The lowest BCUT2D eigenvalue weighted by Crippen LogP contribution is -3.11. The number of likely N-dealkylation sites (tertiary alicyclic amines) is 1. The lowest BCUT2D eigenvalue weighted by molar-refractivity contribution is -0.878. The van der Waals surface area contributed by atoms with Crippen molar-refractivity contribution in [3.63, 3.8) is 0 Å². The molecule has 1 aliphatic rings. The molecule has 1 amide bonds. The molecule has 1 saturated heterocycles. The number of amides is 1. The molecular formula is C11H14N3OS+. The van der Waals surface area contributed by atoms with Gasteiger partial charge in [-0.25, -0.2) is 0 Å². The van der Waals surface area contributed by atoms with Gasteiger partial charge in [-0.05, 0) is 11.4 Å². The number of anilines is 1. The van der Waals surface area contributed by atoms with Gasteiger partial charge in [0, 0.05) is 12.8 Å². The van der Waals surface area contributed by atoms with Crippen LogP contribution in [0.3, 0.4) is 0 Å². The van der Waals surface area contributed by atoms with E-state index in [9.17, 15) is 4.79 Å². The maximum atomic E-state index is 11.7. The zero-order chi connectivity index (χ0) is 11.4. The normalized spacial score (nSPS) is 15.9. The van der Waals surface area contributed by atoms with E-state index in [-0.39, 0.29) is 5.91 Å². The molecule has 0 aromatic carbocycles. The predicted octanol–water partition coefficient (Wildman–Crippen LogP) is 0.237. The van der Waals surface area contributed by atoms with Crippen molar-refractivity contribution in [2.24, 2.45) is 0 Å². The van der Waals surface area contributed by atoms with Crippen LogP contribution in [-0.2, 0) is 4.79 Å². The van der Waals surface area contributed by atoms with Crippen LogP contribution < -0.4 is 10.2 Å². The summed E-state index contributed by atoms with van der Waals surface area (Å²) < 4.78 is 0. The van der Waals surface area contributed by atoms with Gasteiger partial charge in [0.15, 0.2) is 6.54 Å². The molecule has 1 aromatic heterocycles. The molecule has 0 radical (unpaired) electrons. The highest BCUT2D eigenvalue weighted by atomic mass is 32.1. The second kappa shape index (κ2) is 5.10. The number of hydrogen-bond donors (Lipinski definition) is 2. The summed E-state index contributed by atoms with van der Waals surface area (Å²) >= 11 is 1.40. The molecule has 0 aliphatic carbocycles. The fourth-order valence-corrected chi connectivity index (χ4v) is 2.70. The van der Waals surface area contributed by atoms with E-state index in [0.717, 1.165) is 13.1 Å². The topological polar surface area (TPSA) is 57.3 Å². The minimum Gasteiger partial charge on any atom is -0.327 e. The minimum absolute atomic E-state index is 0.0100. The van der Waals surface area contributed by atoms with Crippen molar-refractivity contribution in [3.05, 3.63) is 17.0 Å². The molecular weight excluding hydrogens is 222 g/mol. The summed E-state index contributed by atoms with van der Waals surface area (Å²) in [5, 5.41) is 14.1. The predicted molar refractivity (Wildman–Crippen MR) is 62.5 cm³/mol. The number of rotatable bonds is 3. The highest BCUT2D eigenvalue weighted by molar-refractivity contribution is 7.14. The molecule has 2 rings (SSSR count). The molecule has 84 valence electrons. The first-order valence-electron chi connectivity index (χ1n) is 5.40. The van der Waals surface area contributed by atoms with Gasteiger partial charge in [0.1, 0.15) is 11.1 Å². The van der Waals surface area contributed by atoms with E-state index in [1.165, 1.54) is 29.1 Å². The van der Waals surface area contributed by atoms with E-state index in [1.54, 1.807) is 6.07 Å². The summed E-state index contributed by atoms with van der Waals surface area (Å²) in [6, 6.07) is 3.79. The number of carbonyl (C=O) groups is 1. The Morgan fingerprint density at radius 3 is 3.00 bits per heavy atom. The molecule has 1 fully saturated rings. The van der Waals surface area contributed by atoms with Crippen molar-refractivity contribution >= 4 is 22.2 Å². The molecule has 0 saturated carbocycles. The first kappa shape index (κ1) is 11.1. The van der Waals surface area contributed by atoms with Crippen LogP contribution in [-0.4, -0.2) is 25.5 Å². The Labute approximate surface area is 98.5 Å².